The van der Waals surface area contributed by atoms with Crippen LogP contribution in [0, 0.1) is 0 Å². The Balaban J connectivity index is 1.53. The molecule has 2 aromatic rings. The predicted octanol–water partition coefficient (Wildman–Crippen LogP) is 3.04. The number of hydrogen-bond donors (Lipinski definition) is 0. The van der Waals surface area contributed by atoms with Crippen LogP contribution in [0.1, 0.15) is 40.0 Å². The van der Waals surface area contributed by atoms with Gasteiger partial charge in [0.1, 0.15) is 17.2 Å². The van der Waals surface area contributed by atoms with E-state index in [1.807, 2.05) is 0 Å². The van der Waals surface area contributed by atoms with Crippen molar-refractivity contribution in [3.8, 4) is 5.75 Å². The van der Waals surface area contributed by atoms with Gasteiger partial charge in [-0.15, -0.1) is 0 Å². The lowest BCUT2D eigenvalue weighted by atomic mass is 10.1. The number of hydrogen-bond acceptors (Lipinski definition) is 5. The second-order valence-corrected chi connectivity index (χ2v) is 6.78. The first-order chi connectivity index (χ1) is 12.1. The summed E-state index contributed by atoms with van der Waals surface area (Å²) in [6.45, 7) is 2.44. The highest BCUT2D eigenvalue weighted by atomic mass is 35.5. The van der Waals surface area contributed by atoms with Gasteiger partial charge in [0.25, 0.3) is 5.91 Å². The molecule has 3 heterocycles. The van der Waals surface area contributed by atoms with Crippen LogP contribution in [0.4, 0.5) is 0 Å². The molecule has 0 spiro atoms. The van der Waals surface area contributed by atoms with Crippen molar-refractivity contribution in [1.29, 1.82) is 0 Å². The number of nitrogens with zero attached hydrogens (tertiary/aromatic N) is 2. The third-order valence-corrected chi connectivity index (χ3v) is 4.88. The molecule has 0 radical (unpaired) electrons. The molecule has 0 saturated carbocycles. The average Bonchev–Trinajstić information content (AvgIpc) is 3.28. The topological polar surface area (TPSA) is 64.8 Å². The largest absolute Gasteiger partial charge is 0.497 e. The summed E-state index contributed by atoms with van der Waals surface area (Å²) in [6.07, 6.45) is 1.60. The second-order valence-electron chi connectivity index (χ2n) is 6.34. The first-order valence-corrected chi connectivity index (χ1v) is 8.72. The third-order valence-electron chi connectivity index (χ3n) is 4.66. The van der Waals surface area contributed by atoms with E-state index in [2.05, 4.69) is 4.98 Å². The first kappa shape index (κ1) is 16.4. The zero-order valence-electron chi connectivity index (χ0n) is 14.0. The van der Waals surface area contributed by atoms with Crippen LogP contribution >= 0.6 is 11.6 Å². The van der Waals surface area contributed by atoms with Crippen molar-refractivity contribution in [2.75, 3.05) is 26.9 Å². The van der Waals surface area contributed by atoms with Gasteiger partial charge in [-0.25, -0.2) is 4.98 Å². The maximum Gasteiger partial charge on any atom is 0.254 e. The van der Waals surface area contributed by atoms with Crippen LogP contribution in [-0.2, 0) is 17.7 Å². The standard InChI is InChI=1S/C18H19ClN2O4/c1-23-14-7-12(6-13(19)8-14)18(22)21-4-2-16-15(9-21)20-17(25-16)11-3-5-24-10-11/h6-8,11H,2-5,9-10H2,1H3. The van der Waals surface area contributed by atoms with Gasteiger partial charge < -0.3 is 18.8 Å². The molecule has 132 valence electrons. The molecule has 25 heavy (non-hydrogen) atoms. The summed E-state index contributed by atoms with van der Waals surface area (Å²) in [6, 6.07) is 5.04. The van der Waals surface area contributed by atoms with Crippen molar-refractivity contribution < 1.29 is 18.7 Å². The summed E-state index contributed by atoms with van der Waals surface area (Å²) in [7, 11) is 1.55. The summed E-state index contributed by atoms with van der Waals surface area (Å²) >= 11 is 6.08. The van der Waals surface area contributed by atoms with E-state index in [-0.39, 0.29) is 11.8 Å². The molecule has 1 amide bonds. The summed E-state index contributed by atoms with van der Waals surface area (Å²) in [5.74, 6) is 2.33. The van der Waals surface area contributed by atoms with E-state index in [4.69, 9.17) is 25.5 Å². The van der Waals surface area contributed by atoms with E-state index in [1.165, 1.54) is 0 Å². The van der Waals surface area contributed by atoms with Crippen LogP contribution < -0.4 is 4.74 Å². The number of halogens is 1. The van der Waals surface area contributed by atoms with E-state index < -0.39 is 0 Å². The number of carbonyl (C=O) groups is 1. The number of methoxy groups -OCH3 is 1. The molecular weight excluding hydrogens is 344 g/mol. The number of ether oxygens (including phenoxy) is 2. The van der Waals surface area contributed by atoms with E-state index in [0.29, 0.717) is 42.5 Å². The molecule has 1 unspecified atom stereocenters. The highest BCUT2D eigenvalue weighted by Crippen LogP contribution is 2.30. The molecule has 1 atom stereocenters. The van der Waals surface area contributed by atoms with Gasteiger partial charge in [0, 0.05) is 30.2 Å². The lowest BCUT2D eigenvalue weighted by Gasteiger charge is -2.25. The average molecular weight is 363 g/mol. The second kappa shape index (κ2) is 6.69. The van der Waals surface area contributed by atoms with Crippen molar-refractivity contribution in [2.24, 2.45) is 0 Å². The Hall–Kier alpha value is -2.05. The fraction of sp³-hybridized carbons (Fsp3) is 0.444. The van der Waals surface area contributed by atoms with E-state index in [1.54, 1.807) is 30.2 Å². The Labute approximate surface area is 150 Å². The van der Waals surface area contributed by atoms with Crippen LogP contribution in [-0.4, -0.2) is 42.7 Å². The maximum absolute atomic E-state index is 12.8. The quantitative estimate of drug-likeness (QED) is 0.839. The highest BCUT2D eigenvalue weighted by molar-refractivity contribution is 6.31. The Bertz CT molecular complexity index is 798. The van der Waals surface area contributed by atoms with Crippen LogP contribution in [0.25, 0.3) is 0 Å². The first-order valence-electron chi connectivity index (χ1n) is 8.34. The smallest absolute Gasteiger partial charge is 0.254 e. The van der Waals surface area contributed by atoms with Crippen molar-refractivity contribution in [2.45, 2.75) is 25.3 Å². The lowest BCUT2D eigenvalue weighted by molar-refractivity contribution is 0.0727. The number of benzene rings is 1. The minimum Gasteiger partial charge on any atom is -0.497 e. The summed E-state index contributed by atoms with van der Waals surface area (Å²) in [5.41, 5.74) is 1.36. The number of oxazole rings is 1. The highest BCUT2D eigenvalue weighted by Gasteiger charge is 2.30. The predicted molar refractivity (Wildman–Crippen MR) is 91.1 cm³/mol. The number of rotatable bonds is 3. The number of aromatic nitrogens is 1. The molecule has 2 aliphatic rings. The van der Waals surface area contributed by atoms with Crippen LogP contribution in [0.15, 0.2) is 22.6 Å². The van der Waals surface area contributed by atoms with E-state index in [0.717, 1.165) is 30.4 Å². The Kier molecular flexibility index (Phi) is 4.39. The summed E-state index contributed by atoms with van der Waals surface area (Å²) in [5, 5.41) is 0.477. The van der Waals surface area contributed by atoms with Crippen LogP contribution in [0.3, 0.4) is 0 Å². The molecule has 0 N–H and O–H groups in total. The van der Waals surface area contributed by atoms with Gasteiger partial charge in [0.05, 0.1) is 26.2 Å². The number of amides is 1. The van der Waals surface area contributed by atoms with Gasteiger partial charge in [-0.05, 0) is 24.6 Å². The molecule has 2 aliphatic heterocycles. The van der Waals surface area contributed by atoms with Gasteiger partial charge in [0.2, 0.25) is 0 Å². The lowest BCUT2D eigenvalue weighted by Crippen LogP contribution is -2.35. The Morgan fingerprint density at radius 3 is 3.04 bits per heavy atom. The molecule has 6 nitrogen and oxygen atoms in total. The summed E-state index contributed by atoms with van der Waals surface area (Å²) in [4.78, 5) is 19.2. The fourth-order valence-corrected chi connectivity index (χ4v) is 3.51. The fourth-order valence-electron chi connectivity index (χ4n) is 3.28. The summed E-state index contributed by atoms with van der Waals surface area (Å²) < 4.78 is 16.5. The van der Waals surface area contributed by atoms with Gasteiger partial charge in [-0.3, -0.25) is 4.79 Å². The van der Waals surface area contributed by atoms with Crippen LogP contribution in [0.5, 0.6) is 5.75 Å². The van der Waals surface area contributed by atoms with Crippen molar-refractivity contribution in [1.82, 2.24) is 9.88 Å². The van der Waals surface area contributed by atoms with Gasteiger partial charge in [-0.2, -0.15) is 0 Å². The van der Waals surface area contributed by atoms with Crippen molar-refractivity contribution in [3.63, 3.8) is 0 Å². The number of fused-ring (bicyclic) bond motifs is 1. The molecule has 7 heteroatoms. The molecular formula is C18H19ClN2O4. The Morgan fingerprint density at radius 1 is 1.40 bits per heavy atom. The zero-order valence-corrected chi connectivity index (χ0v) is 14.7. The van der Waals surface area contributed by atoms with E-state index in [9.17, 15) is 4.79 Å². The van der Waals surface area contributed by atoms with E-state index >= 15 is 0 Å². The Morgan fingerprint density at radius 2 is 2.28 bits per heavy atom. The molecule has 0 bridgehead atoms. The minimum absolute atomic E-state index is 0.0831. The maximum atomic E-state index is 12.8. The molecule has 1 aromatic carbocycles. The molecule has 1 saturated heterocycles. The van der Waals surface area contributed by atoms with Gasteiger partial charge >= 0.3 is 0 Å². The van der Waals surface area contributed by atoms with Gasteiger partial charge in [0.15, 0.2) is 5.89 Å². The SMILES string of the molecule is COc1cc(Cl)cc(C(=O)N2CCc3oc(C4CCOC4)nc3C2)c1. The van der Waals surface area contributed by atoms with Gasteiger partial charge in [-0.1, -0.05) is 11.6 Å². The number of carbonyl (C=O) groups excluding carboxylic acids is 1. The molecule has 1 fully saturated rings. The minimum atomic E-state index is -0.0831. The molecule has 0 aliphatic carbocycles. The van der Waals surface area contributed by atoms with Crippen molar-refractivity contribution >= 4 is 17.5 Å². The molecule has 4 rings (SSSR count). The van der Waals surface area contributed by atoms with Crippen molar-refractivity contribution in [3.05, 3.63) is 46.1 Å². The normalized spacial score (nSPS) is 19.8. The van der Waals surface area contributed by atoms with Crippen LogP contribution in [0.2, 0.25) is 5.02 Å². The third kappa shape index (κ3) is 3.24. The zero-order chi connectivity index (χ0) is 17.4. The molecule has 1 aromatic heterocycles. The monoisotopic (exact) mass is 362 g/mol.